The zero-order valence-electron chi connectivity index (χ0n) is 10.3. The zero-order valence-corrected chi connectivity index (χ0v) is 11.1. The Kier molecular flexibility index (Phi) is 6.27. The molecule has 0 aliphatic carbocycles. The first-order valence-corrected chi connectivity index (χ1v) is 6.78. The smallest absolute Gasteiger partial charge is 0.0200 e. The van der Waals surface area contributed by atoms with Gasteiger partial charge in [0, 0.05) is 17.2 Å². The molecular formula is C14H21NS. The van der Waals surface area contributed by atoms with Gasteiger partial charge in [0.15, 0.2) is 0 Å². The molecule has 0 radical (unpaired) electrons. The number of rotatable bonds is 7. The minimum absolute atomic E-state index is 0.937. The lowest BCUT2D eigenvalue weighted by Crippen LogP contribution is -2.18. The van der Waals surface area contributed by atoms with Crippen LogP contribution in [-0.4, -0.2) is 18.8 Å². The summed E-state index contributed by atoms with van der Waals surface area (Å²) in [6.07, 6.45) is 1.18. The maximum Gasteiger partial charge on any atom is 0.0200 e. The van der Waals surface area contributed by atoms with E-state index in [9.17, 15) is 0 Å². The van der Waals surface area contributed by atoms with Crippen molar-refractivity contribution >= 4 is 11.8 Å². The van der Waals surface area contributed by atoms with E-state index in [0.717, 1.165) is 18.8 Å². The molecule has 1 aromatic rings. The molecule has 0 fully saturated rings. The lowest BCUT2D eigenvalue weighted by atomic mass is 10.2. The second-order valence-electron chi connectivity index (χ2n) is 3.98. The number of hydrogen-bond acceptors (Lipinski definition) is 2. The van der Waals surface area contributed by atoms with Crippen LogP contribution in [0.2, 0.25) is 0 Å². The third-order valence-electron chi connectivity index (χ3n) is 2.33. The van der Waals surface area contributed by atoms with E-state index < -0.39 is 0 Å². The Bertz CT molecular complexity index is 333. The van der Waals surface area contributed by atoms with Crippen molar-refractivity contribution in [2.75, 3.05) is 18.8 Å². The molecule has 1 nitrogen and oxygen atoms in total. The summed E-state index contributed by atoms with van der Waals surface area (Å²) in [6.45, 7) is 10.4. The summed E-state index contributed by atoms with van der Waals surface area (Å²) in [5.74, 6) is 1.00. The van der Waals surface area contributed by atoms with E-state index in [1.165, 1.54) is 22.5 Å². The van der Waals surface area contributed by atoms with Gasteiger partial charge in [-0.1, -0.05) is 37.3 Å². The fraction of sp³-hybridized carbons (Fsp3) is 0.429. The lowest BCUT2D eigenvalue weighted by molar-refractivity contribution is 0.716. The molecule has 0 bridgehead atoms. The van der Waals surface area contributed by atoms with E-state index in [-0.39, 0.29) is 0 Å². The van der Waals surface area contributed by atoms with Crippen molar-refractivity contribution in [2.45, 2.75) is 25.2 Å². The van der Waals surface area contributed by atoms with E-state index in [0.29, 0.717) is 0 Å². The zero-order chi connectivity index (χ0) is 11.8. The molecule has 0 saturated carbocycles. The summed E-state index contributed by atoms with van der Waals surface area (Å²) in [6, 6.07) is 8.50. The Morgan fingerprint density at radius 3 is 2.81 bits per heavy atom. The van der Waals surface area contributed by atoms with Gasteiger partial charge >= 0.3 is 0 Å². The van der Waals surface area contributed by atoms with Gasteiger partial charge in [-0.25, -0.2) is 0 Å². The molecule has 0 spiro atoms. The number of benzene rings is 1. The average Bonchev–Trinajstić information content (AvgIpc) is 2.28. The van der Waals surface area contributed by atoms with Crippen LogP contribution in [0.3, 0.4) is 0 Å². The summed E-state index contributed by atoms with van der Waals surface area (Å²) in [7, 11) is 0. The molecule has 88 valence electrons. The van der Waals surface area contributed by atoms with Crippen LogP contribution in [0.15, 0.2) is 41.3 Å². The Hall–Kier alpha value is -0.730. The maximum absolute atomic E-state index is 4.09. The predicted molar refractivity (Wildman–Crippen MR) is 74.2 cm³/mol. The molecular weight excluding hydrogens is 214 g/mol. The van der Waals surface area contributed by atoms with Crippen LogP contribution < -0.4 is 5.32 Å². The van der Waals surface area contributed by atoms with Crippen LogP contribution >= 0.6 is 11.8 Å². The molecule has 2 heteroatoms. The average molecular weight is 235 g/mol. The van der Waals surface area contributed by atoms with Gasteiger partial charge in [0.25, 0.3) is 0 Å². The van der Waals surface area contributed by atoms with E-state index in [1.807, 2.05) is 11.8 Å². The summed E-state index contributed by atoms with van der Waals surface area (Å²) >= 11 is 1.87. The molecule has 0 aliphatic rings. The number of nitrogens with one attached hydrogen (secondary N) is 1. The maximum atomic E-state index is 4.09. The van der Waals surface area contributed by atoms with Crippen molar-refractivity contribution in [3.05, 3.63) is 42.0 Å². The van der Waals surface area contributed by atoms with E-state index >= 15 is 0 Å². The highest BCUT2D eigenvalue weighted by Crippen LogP contribution is 2.23. The Labute approximate surface area is 103 Å². The highest BCUT2D eigenvalue weighted by molar-refractivity contribution is 7.99. The van der Waals surface area contributed by atoms with Gasteiger partial charge in [0.1, 0.15) is 0 Å². The van der Waals surface area contributed by atoms with Crippen molar-refractivity contribution < 1.29 is 0 Å². The van der Waals surface area contributed by atoms with Crippen LogP contribution in [0.5, 0.6) is 0 Å². The summed E-state index contributed by atoms with van der Waals surface area (Å²) in [5, 5.41) is 3.37. The molecule has 0 unspecified atom stereocenters. The van der Waals surface area contributed by atoms with Gasteiger partial charge in [-0.3, -0.25) is 0 Å². The molecule has 0 aliphatic heterocycles. The fourth-order valence-electron chi connectivity index (χ4n) is 1.39. The van der Waals surface area contributed by atoms with Crippen LogP contribution in [0.1, 0.15) is 18.9 Å². The van der Waals surface area contributed by atoms with Gasteiger partial charge in [0.05, 0.1) is 0 Å². The monoisotopic (exact) mass is 235 g/mol. The molecule has 0 aromatic heterocycles. The highest BCUT2D eigenvalue weighted by Gasteiger charge is 1.99. The first-order valence-electron chi connectivity index (χ1n) is 5.80. The number of aryl methyl sites for hydroxylation is 1. The minimum Gasteiger partial charge on any atom is -0.313 e. The Morgan fingerprint density at radius 1 is 1.38 bits per heavy atom. The number of thioether (sulfide) groups is 1. The van der Waals surface area contributed by atoms with Gasteiger partial charge in [0.2, 0.25) is 0 Å². The van der Waals surface area contributed by atoms with Crippen molar-refractivity contribution in [1.29, 1.82) is 0 Å². The highest BCUT2D eigenvalue weighted by atomic mass is 32.2. The van der Waals surface area contributed by atoms with Crippen LogP contribution in [0.4, 0.5) is 0 Å². The third-order valence-corrected chi connectivity index (χ3v) is 3.65. The summed E-state index contributed by atoms with van der Waals surface area (Å²) in [5.41, 5.74) is 2.61. The normalized spacial score (nSPS) is 10.4. The van der Waals surface area contributed by atoms with Gasteiger partial charge in [-0.05, 0) is 31.5 Å². The molecule has 1 N–H and O–H groups in total. The Morgan fingerprint density at radius 2 is 2.12 bits per heavy atom. The lowest BCUT2D eigenvalue weighted by Gasteiger charge is -2.08. The summed E-state index contributed by atoms with van der Waals surface area (Å²) in [4.78, 5) is 1.36. The van der Waals surface area contributed by atoms with Crippen LogP contribution in [0, 0.1) is 6.92 Å². The van der Waals surface area contributed by atoms with Crippen molar-refractivity contribution in [2.24, 2.45) is 0 Å². The quantitative estimate of drug-likeness (QED) is 0.440. The van der Waals surface area contributed by atoms with Crippen molar-refractivity contribution in [3.8, 4) is 0 Å². The van der Waals surface area contributed by atoms with Crippen molar-refractivity contribution in [3.63, 3.8) is 0 Å². The van der Waals surface area contributed by atoms with E-state index in [2.05, 4.69) is 50.0 Å². The molecule has 0 atom stereocenters. The van der Waals surface area contributed by atoms with Crippen molar-refractivity contribution in [1.82, 2.24) is 5.32 Å². The van der Waals surface area contributed by atoms with Gasteiger partial charge < -0.3 is 5.32 Å². The van der Waals surface area contributed by atoms with E-state index in [4.69, 9.17) is 0 Å². The summed E-state index contributed by atoms with van der Waals surface area (Å²) < 4.78 is 0. The molecule has 0 heterocycles. The standard InChI is InChI=1S/C14H21NS/c1-4-9-15-10-12(2)11-16-14-8-6-5-7-13(14)3/h5-8,15H,2,4,9-11H2,1,3H3. The fourth-order valence-corrected chi connectivity index (χ4v) is 2.32. The van der Waals surface area contributed by atoms with E-state index in [1.54, 1.807) is 0 Å². The van der Waals surface area contributed by atoms with Crippen LogP contribution in [0.25, 0.3) is 0 Å². The second kappa shape index (κ2) is 7.53. The third kappa shape index (κ3) is 4.86. The Balaban J connectivity index is 2.29. The molecule has 0 amide bonds. The largest absolute Gasteiger partial charge is 0.313 e. The minimum atomic E-state index is 0.937. The topological polar surface area (TPSA) is 12.0 Å². The first kappa shape index (κ1) is 13.3. The van der Waals surface area contributed by atoms with Crippen LogP contribution in [-0.2, 0) is 0 Å². The SMILES string of the molecule is C=C(CNCCC)CSc1ccccc1C. The number of hydrogen-bond donors (Lipinski definition) is 1. The molecule has 1 aromatic carbocycles. The predicted octanol–water partition coefficient (Wildman–Crippen LogP) is 3.64. The molecule has 1 rings (SSSR count). The van der Waals surface area contributed by atoms with Gasteiger partial charge in [-0.2, -0.15) is 0 Å². The second-order valence-corrected chi connectivity index (χ2v) is 5.00. The molecule has 16 heavy (non-hydrogen) atoms. The van der Waals surface area contributed by atoms with Gasteiger partial charge in [-0.15, -0.1) is 11.8 Å². The molecule has 0 saturated heterocycles. The first-order chi connectivity index (χ1) is 7.74.